The fourth-order valence-electron chi connectivity index (χ4n) is 2.85. The minimum absolute atomic E-state index is 0. The standard InChI is InChI=1S/C20H22N4O4S.ClH/c1-22(2)11-4-12-23(19(25)14-5-7-15(8-6-14)24(26)27)20-21-17-13-16(28-3)9-10-18(17)29-20;/h5-10,13H,4,11-12H2,1-3H3;1H. The Kier molecular flexibility index (Phi) is 8.10. The molecule has 2 aromatic carbocycles. The zero-order valence-corrected chi connectivity index (χ0v) is 18.5. The first-order valence-corrected chi connectivity index (χ1v) is 9.86. The molecule has 0 spiro atoms. The van der Waals surface area contributed by atoms with E-state index in [2.05, 4.69) is 9.88 Å². The zero-order valence-electron chi connectivity index (χ0n) is 16.9. The molecule has 0 aliphatic rings. The number of rotatable bonds is 8. The molecule has 1 aromatic heterocycles. The lowest BCUT2D eigenvalue weighted by molar-refractivity contribution is -0.384. The van der Waals surface area contributed by atoms with Gasteiger partial charge in [0.1, 0.15) is 5.75 Å². The number of hydrogen-bond acceptors (Lipinski definition) is 7. The van der Waals surface area contributed by atoms with Crippen molar-refractivity contribution >= 4 is 50.7 Å². The first-order valence-electron chi connectivity index (χ1n) is 9.04. The first-order chi connectivity index (χ1) is 13.9. The van der Waals surface area contributed by atoms with Crippen molar-refractivity contribution in [1.82, 2.24) is 9.88 Å². The highest BCUT2D eigenvalue weighted by Crippen LogP contribution is 2.32. The quantitative estimate of drug-likeness (QED) is 0.377. The van der Waals surface area contributed by atoms with Crippen molar-refractivity contribution < 1.29 is 14.5 Å². The van der Waals surface area contributed by atoms with Crippen LogP contribution in [0.25, 0.3) is 10.2 Å². The van der Waals surface area contributed by atoms with Gasteiger partial charge >= 0.3 is 0 Å². The summed E-state index contributed by atoms with van der Waals surface area (Å²) in [5.74, 6) is 0.472. The van der Waals surface area contributed by atoms with Crippen LogP contribution in [0.3, 0.4) is 0 Å². The third-order valence-corrected chi connectivity index (χ3v) is 5.43. The Morgan fingerprint density at radius 2 is 1.87 bits per heavy atom. The van der Waals surface area contributed by atoms with E-state index in [1.54, 1.807) is 12.0 Å². The summed E-state index contributed by atoms with van der Waals surface area (Å²) in [6.07, 6.45) is 0.769. The molecule has 0 fully saturated rings. The monoisotopic (exact) mass is 450 g/mol. The maximum atomic E-state index is 13.2. The number of amides is 1. The molecule has 0 atom stereocenters. The number of carbonyl (C=O) groups is 1. The van der Waals surface area contributed by atoms with Gasteiger partial charge in [0.25, 0.3) is 11.6 Å². The largest absolute Gasteiger partial charge is 0.497 e. The van der Waals surface area contributed by atoms with E-state index < -0.39 is 4.92 Å². The first kappa shape index (κ1) is 23.5. The molecule has 8 nitrogen and oxygen atoms in total. The van der Waals surface area contributed by atoms with Crippen molar-refractivity contribution in [2.24, 2.45) is 0 Å². The number of halogens is 1. The summed E-state index contributed by atoms with van der Waals surface area (Å²) in [6.45, 7) is 1.31. The van der Waals surface area contributed by atoms with Crippen LogP contribution in [0.1, 0.15) is 16.8 Å². The van der Waals surface area contributed by atoms with Crippen LogP contribution in [0.4, 0.5) is 10.8 Å². The number of anilines is 1. The van der Waals surface area contributed by atoms with Crippen LogP contribution >= 0.6 is 23.7 Å². The summed E-state index contributed by atoms with van der Waals surface area (Å²) < 4.78 is 6.21. The van der Waals surface area contributed by atoms with Gasteiger partial charge in [-0.1, -0.05) is 11.3 Å². The van der Waals surface area contributed by atoms with Crippen molar-refractivity contribution in [2.45, 2.75) is 6.42 Å². The Bertz CT molecular complexity index is 1020. The lowest BCUT2D eigenvalue weighted by Crippen LogP contribution is -2.33. The highest BCUT2D eigenvalue weighted by molar-refractivity contribution is 7.22. The van der Waals surface area contributed by atoms with E-state index in [9.17, 15) is 14.9 Å². The predicted octanol–water partition coefficient (Wildman–Crippen LogP) is 4.23. The highest BCUT2D eigenvalue weighted by atomic mass is 35.5. The molecule has 30 heavy (non-hydrogen) atoms. The Morgan fingerprint density at radius 3 is 2.47 bits per heavy atom. The number of nitro groups is 1. The van der Waals surface area contributed by atoms with Crippen LogP contribution in [0.15, 0.2) is 42.5 Å². The van der Waals surface area contributed by atoms with Crippen LogP contribution in [-0.2, 0) is 0 Å². The van der Waals surface area contributed by atoms with Crippen LogP contribution in [0, 0.1) is 10.1 Å². The van der Waals surface area contributed by atoms with E-state index in [0.717, 1.165) is 23.2 Å². The molecule has 10 heteroatoms. The maximum Gasteiger partial charge on any atom is 0.269 e. The number of carbonyl (C=O) groups excluding carboxylic acids is 1. The Morgan fingerprint density at radius 1 is 1.17 bits per heavy atom. The number of thiazole rings is 1. The van der Waals surface area contributed by atoms with Crippen molar-refractivity contribution in [1.29, 1.82) is 0 Å². The zero-order chi connectivity index (χ0) is 21.0. The summed E-state index contributed by atoms with van der Waals surface area (Å²) >= 11 is 1.43. The smallest absolute Gasteiger partial charge is 0.269 e. The number of ether oxygens (including phenoxy) is 1. The van der Waals surface area contributed by atoms with Gasteiger partial charge in [-0.25, -0.2) is 4.98 Å². The second kappa shape index (κ2) is 10.3. The summed E-state index contributed by atoms with van der Waals surface area (Å²) in [6, 6.07) is 11.3. The van der Waals surface area contributed by atoms with Gasteiger partial charge in [0.15, 0.2) is 5.13 Å². The average molecular weight is 451 g/mol. The fourth-order valence-corrected chi connectivity index (χ4v) is 3.82. The molecule has 0 bridgehead atoms. The fraction of sp³-hybridized carbons (Fsp3) is 0.300. The van der Waals surface area contributed by atoms with Gasteiger partial charge in [-0.15, -0.1) is 12.4 Å². The molecular weight excluding hydrogens is 428 g/mol. The average Bonchev–Trinajstić information content (AvgIpc) is 3.13. The van der Waals surface area contributed by atoms with E-state index in [0.29, 0.717) is 23.0 Å². The van der Waals surface area contributed by atoms with Gasteiger partial charge in [0.05, 0.1) is 22.2 Å². The van der Waals surface area contributed by atoms with E-state index in [1.807, 2.05) is 32.3 Å². The predicted molar refractivity (Wildman–Crippen MR) is 121 cm³/mol. The van der Waals surface area contributed by atoms with Crippen LogP contribution in [0.2, 0.25) is 0 Å². The topological polar surface area (TPSA) is 88.8 Å². The number of nitrogens with zero attached hydrogens (tertiary/aromatic N) is 4. The summed E-state index contributed by atoms with van der Waals surface area (Å²) in [7, 11) is 5.55. The number of fused-ring (bicyclic) bond motifs is 1. The second-order valence-corrected chi connectivity index (χ2v) is 7.76. The van der Waals surface area contributed by atoms with Crippen LogP contribution in [-0.4, -0.2) is 55.0 Å². The van der Waals surface area contributed by atoms with Crippen molar-refractivity contribution in [3.8, 4) is 5.75 Å². The minimum atomic E-state index is -0.482. The molecule has 0 radical (unpaired) electrons. The van der Waals surface area contributed by atoms with E-state index in [-0.39, 0.29) is 24.0 Å². The summed E-state index contributed by atoms with van der Waals surface area (Å²) in [5.41, 5.74) is 1.10. The SMILES string of the molecule is COc1ccc2sc(N(CCCN(C)C)C(=O)c3ccc([N+](=O)[O-])cc3)nc2c1.Cl. The van der Waals surface area contributed by atoms with Gasteiger partial charge in [-0.3, -0.25) is 19.8 Å². The molecule has 0 aliphatic heterocycles. The van der Waals surface area contributed by atoms with E-state index in [4.69, 9.17) is 4.74 Å². The van der Waals surface area contributed by atoms with Gasteiger partial charge in [-0.2, -0.15) is 0 Å². The second-order valence-electron chi connectivity index (χ2n) is 6.75. The molecule has 0 aliphatic carbocycles. The number of methoxy groups -OCH3 is 1. The maximum absolute atomic E-state index is 13.2. The van der Waals surface area contributed by atoms with Gasteiger partial charge in [-0.05, 0) is 51.3 Å². The molecule has 3 rings (SSSR count). The van der Waals surface area contributed by atoms with Gasteiger partial charge in [0, 0.05) is 30.3 Å². The Labute approximate surface area is 184 Å². The van der Waals surface area contributed by atoms with Crippen LogP contribution in [0.5, 0.6) is 5.75 Å². The summed E-state index contributed by atoms with van der Waals surface area (Å²) in [5, 5.41) is 11.5. The number of nitro benzene ring substituents is 1. The Hall–Kier alpha value is -2.75. The number of non-ortho nitro benzene ring substituents is 1. The normalized spacial score (nSPS) is 10.7. The molecule has 0 saturated carbocycles. The van der Waals surface area contributed by atoms with E-state index >= 15 is 0 Å². The molecule has 1 amide bonds. The highest BCUT2D eigenvalue weighted by Gasteiger charge is 2.22. The molecule has 0 N–H and O–H groups in total. The summed E-state index contributed by atoms with van der Waals surface area (Å²) in [4.78, 5) is 31.9. The number of benzene rings is 2. The molecule has 160 valence electrons. The molecular formula is C20H23ClN4O4S. The van der Waals surface area contributed by atoms with Crippen molar-refractivity contribution in [3.05, 3.63) is 58.1 Å². The Balaban J connectivity index is 0.00000320. The third kappa shape index (κ3) is 5.44. The third-order valence-electron chi connectivity index (χ3n) is 4.37. The number of hydrogen-bond donors (Lipinski definition) is 0. The molecule has 0 saturated heterocycles. The van der Waals surface area contributed by atoms with Gasteiger partial charge in [0.2, 0.25) is 0 Å². The lowest BCUT2D eigenvalue weighted by Gasteiger charge is -2.21. The minimum Gasteiger partial charge on any atom is -0.497 e. The van der Waals surface area contributed by atoms with Gasteiger partial charge < -0.3 is 9.64 Å². The molecule has 3 aromatic rings. The molecule has 0 unspecified atom stereocenters. The number of aromatic nitrogens is 1. The van der Waals surface area contributed by atoms with Crippen molar-refractivity contribution in [2.75, 3.05) is 39.2 Å². The lowest BCUT2D eigenvalue weighted by atomic mass is 10.2. The van der Waals surface area contributed by atoms with E-state index in [1.165, 1.54) is 35.6 Å². The molecule has 1 heterocycles. The van der Waals surface area contributed by atoms with Crippen LogP contribution < -0.4 is 9.64 Å². The van der Waals surface area contributed by atoms with Crippen molar-refractivity contribution in [3.63, 3.8) is 0 Å².